The fourth-order valence-corrected chi connectivity index (χ4v) is 4.31. The van der Waals surface area contributed by atoms with Gasteiger partial charge in [0, 0.05) is 34.5 Å². The van der Waals surface area contributed by atoms with Crippen LogP contribution in [-0.4, -0.2) is 53.1 Å². The molecule has 1 N–H and O–H groups in total. The standard InChI is InChI=1S/C29H27ClN4O4/c1-37-24-7-3-5-20(15-24)28(36)33(22-13-14-22)18-27(35)32-29-31-26(19-9-11-21(30)12-10-19)17-34(29)23-6-4-8-25(16-23)38-2/h3-12,15-17,22H,13-14,18H2,1-2H3,(H,31,32,35). The molecule has 1 saturated carbocycles. The molecule has 9 heteroatoms. The van der Waals surface area contributed by atoms with Gasteiger partial charge in [-0.3, -0.25) is 19.5 Å². The summed E-state index contributed by atoms with van der Waals surface area (Å²) in [5, 5.41) is 3.54. The molecule has 38 heavy (non-hydrogen) atoms. The molecule has 8 nitrogen and oxygen atoms in total. The van der Waals surface area contributed by atoms with Gasteiger partial charge in [-0.25, -0.2) is 4.98 Å². The predicted molar refractivity (Wildman–Crippen MR) is 146 cm³/mol. The molecule has 1 fully saturated rings. The molecule has 1 heterocycles. The van der Waals surface area contributed by atoms with E-state index >= 15 is 0 Å². The zero-order chi connectivity index (χ0) is 26.6. The van der Waals surface area contributed by atoms with E-state index in [2.05, 4.69) is 5.32 Å². The highest BCUT2D eigenvalue weighted by Gasteiger charge is 2.34. The highest BCUT2D eigenvalue weighted by molar-refractivity contribution is 6.30. The second-order valence-corrected chi connectivity index (χ2v) is 9.41. The minimum atomic E-state index is -0.342. The zero-order valence-corrected chi connectivity index (χ0v) is 21.8. The molecule has 5 rings (SSSR count). The average molecular weight is 531 g/mol. The van der Waals surface area contributed by atoms with Crippen molar-refractivity contribution in [3.63, 3.8) is 0 Å². The SMILES string of the molecule is COc1cccc(C(=O)N(CC(=O)Nc2nc(-c3ccc(Cl)cc3)cn2-c2cccc(OC)c2)C2CC2)c1. The van der Waals surface area contributed by atoms with Gasteiger partial charge in [-0.2, -0.15) is 0 Å². The third-order valence-corrected chi connectivity index (χ3v) is 6.56. The van der Waals surface area contributed by atoms with Gasteiger partial charge in [-0.15, -0.1) is 0 Å². The van der Waals surface area contributed by atoms with Gasteiger partial charge >= 0.3 is 0 Å². The molecule has 0 bridgehead atoms. The van der Waals surface area contributed by atoms with Crippen LogP contribution >= 0.6 is 11.6 Å². The van der Waals surface area contributed by atoms with Crippen LogP contribution in [0.1, 0.15) is 23.2 Å². The number of methoxy groups -OCH3 is 2. The van der Waals surface area contributed by atoms with E-state index in [1.165, 1.54) is 0 Å². The Bertz CT molecular complexity index is 1460. The molecule has 1 aliphatic rings. The highest BCUT2D eigenvalue weighted by atomic mass is 35.5. The third-order valence-electron chi connectivity index (χ3n) is 6.31. The summed E-state index contributed by atoms with van der Waals surface area (Å²) in [5.41, 5.74) is 2.75. The number of nitrogens with one attached hydrogen (secondary N) is 1. The van der Waals surface area contributed by atoms with Crippen LogP contribution in [0.15, 0.2) is 79.0 Å². The van der Waals surface area contributed by atoms with Crippen LogP contribution in [0.3, 0.4) is 0 Å². The summed E-state index contributed by atoms with van der Waals surface area (Å²) in [4.78, 5) is 32.9. The molecular formula is C29H27ClN4O4. The van der Waals surface area contributed by atoms with Crippen molar-refractivity contribution in [2.75, 3.05) is 26.1 Å². The van der Waals surface area contributed by atoms with E-state index in [4.69, 9.17) is 26.1 Å². The first-order valence-corrected chi connectivity index (χ1v) is 12.6. The number of nitrogens with zero attached hydrogens (tertiary/aromatic N) is 3. The lowest BCUT2D eigenvalue weighted by Gasteiger charge is -2.22. The number of imidazole rings is 1. The van der Waals surface area contributed by atoms with E-state index in [0.717, 1.165) is 24.1 Å². The number of carbonyl (C=O) groups is 2. The summed E-state index contributed by atoms with van der Waals surface area (Å²) in [7, 11) is 3.15. The Balaban J connectivity index is 1.42. The van der Waals surface area contributed by atoms with Crippen molar-refractivity contribution >= 4 is 29.4 Å². The molecule has 3 aromatic carbocycles. The van der Waals surface area contributed by atoms with Gasteiger partial charge in [0.05, 0.1) is 25.6 Å². The lowest BCUT2D eigenvalue weighted by atomic mass is 10.2. The Morgan fingerprint density at radius 3 is 2.37 bits per heavy atom. The number of hydrogen-bond donors (Lipinski definition) is 1. The number of anilines is 1. The fourth-order valence-electron chi connectivity index (χ4n) is 4.18. The van der Waals surface area contributed by atoms with E-state index in [1.54, 1.807) is 60.1 Å². The van der Waals surface area contributed by atoms with Gasteiger partial charge < -0.3 is 14.4 Å². The Kier molecular flexibility index (Phi) is 7.33. The van der Waals surface area contributed by atoms with Crippen LogP contribution in [0.25, 0.3) is 16.9 Å². The number of amides is 2. The predicted octanol–water partition coefficient (Wildman–Crippen LogP) is 5.45. The number of ether oxygens (including phenoxy) is 2. The molecule has 0 radical (unpaired) electrons. The lowest BCUT2D eigenvalue weighted by molar-refractivity contribution is -0.117. The maximum absolute atomic E-state index is 13.3. The van der Waals surface area contributed by atoms with Crippen molar-refractivity contribution in [3.05, 3.63) is 89.6 Å². The molecular weight excluding hydrogens is 504 g/mol. The Labute approximate surface area is 225 Å². The first-order chi connectivity index (χ1) is 18.4. The van der Waals surface area contributed by atoms with Crippen molar-refractivity contribution in [3.8, 4) is 28.4 Å². The van der Waals surface area contributed by atoms with Gasteiger partial charge in [0.15, 0.2) is 0 Å². The smallest absolute Gasteiger partial charge is 0.254 e. The van der Waals surface area contributed by atoms with Crippen LogP contribution in [0, 0.1) is 0 Å². The van der Waals surface area contributed by atoms with Crippen LogP contribution in [0.5, 0.6) is 11.5 Å². The minimum Gasteiger partial charge on any atom is -0.497 e. The van der Waals surface area contributed by atoms with E-state index in [1.807, 2.05) is 42.6 Å². The lowest BCUT2D eigenvalue weighted by Crippen LogP contribution is -2.39. The van der Waals surface area contributed by atoms with Gasteiger partial charge in [-0.1, -0.05) is 35.9 Å². The number of halogens is 1. The summed E-state index contributed by atoms with van der Waals surface area (Å²) >= 11 is 6.06. The molecule has 194 valence electrons. The number of carbonyl (C=O) groups excluding carboxylic acids is 2. The molecule has 4 aromatic rings. The summed E-state index contributed by atoms with van der Waals surface area (Å²) in [6.07, 6.45) is 3.57. The number of rotatable bonds is 9. The van der Waals surface area contributed by atoms with Crippen LogP contribution in [0.2, 0.25) is 5.02 Å². The quantitative estimate of drug-likeness (QED) is 0.311. The van der Waals surface area contributed by atoms with Gasteiger partial charge in [0.1, 0.15) is 18.0 Å². The third kappa shape index (κ3) is 5.65. The van der Waals surface area contributed by atoms with E-state index in [-0.39, 0.29) is 24.4 Å². The van der Waals surface area contributed by atoms with Gasteiger partial charge in [0.2, 0.25) is 11.9 Å². The zero-order valence-electron chi connectivity index (χ0n) is 21.1. The second kappa shape index (κ2) is 11.0. The fraction of sp³-hybridized carbons (Fsp3) is 0.207. The molecule has 0 saturated heterocycles. The first kappa shape index (κ1) is 25.4. The van der Waals surface area contributed by atoms with Crippen molar-refractivity contribution in [2.24, 2.45) is 0 Å². The molecule has 0 unspecified atom stereocenters. The molecule has 0 spiro atoms. The number of aromatic nitrogens is 2. The van der Waals surface area contributed by atoms with Gasteiger partial charge in [-0.05, 0) is 55.3 Å². The topological polar surface area (TPSA) is 85.7 Å². The summed E-state index contributed by atoms with van der Waals surface area (Å²) < 4.78 is 12.4. The van der Waals surface area contributed by atoms with Crippen molar-refractivity contribution in [1.29, 1.82) is 0 Å². The van der Waals surface area contributed by atoms with Crippen molar-refractivity contribution in [1.82, 2.24) is 14.5 Å². The minimum absolute atomic E-state index is 0.0298. The maximum atomic E-state index is 13.3. The number of benzene rings is 3. The molecule has 1 aromatic heterocycles. The monoisotopic (exact) mass is 530 g/mol. The van der Waals surface area contributed by atoms with E-state index in [9.17, 15) is 9.59 Å². The molecule has 2 amide bonds. The normalized spacial score (nSPS) is 12.6. The van der Waals surface area contributed by atoms with Crippen molar-refractivity contribution < 1.29 is 19.1 Å². The maximum Gasteiger partial charge on any atom is 0.254 e. The molecule has 0 aliphatic heterocycles. The summed E-state index contributed by atoms with van der Waals surface area (Å²) in [6, 6.07) is 21.8. The summed E-state index contributed by atoms with van der Waals surface area (Å²) in [6.45, 7) is -0.0953. The van der Waals surface area contributed by atoms with E-state index < -0.39 is 0 Å². The van der Waals surface area contributed by atoms with Crippen LogP contribution in [0.4, 0.5) is 5.95 Å². The Morgan fingerprint density at radius 1 is 1.00 bits per heavy atom. The molecule has 1 aliphatic carbocycles. The number of hydrogen-bond acceptors (Lipinski definition) is 5. The van der Waals surface area contributed by atoms with Crippen molar-refractivity contribution in [2.45, 2.75) is 18.9 Å². The summed E-state index contributed by atoms with van der Waals surface area (Å²) in [5.74, 6) is 1.04. The first-order valence-electron chi connectivity index (χ1n) is 12.2. The Hall–Kier alpha value is -4.30. The van der Waals surface area contributed by atoms with E-state index in [0.29, 0.717) is 33.7 Å². The van der Waals surface area contributed by atoms with Crippen LogP contribution in [-0.2, 0) is 4.79 Å². The van der Waals surface area contributed by atoms with Gasteiger partial charge in [0.25, 0.3) is 5.91 Å². The molecule has 0 atom stereocenters. The van der Waals surface area contributed by atoms with Crippen LogP contribution < -0.4 is 14.8 Å². The Morgan fingerprint density at radius 2 is 1.68 bits per heavy atom. The highest BCUT2D eigenvalue weighted by Crippen LogP contribution is 2.30. The second-order valence-electron chi connectivity index (χ2n) is 8.97. The largest absolute Gasteiger partial charge is 0.497 e. The average Bonchev–Trinajstić information content (AvgIpc) is 3.71.